The largest absolute Gasteiger partial charge is 0.495 e. The molecule has 1 saturated heterocycles. The Morgan fingerprint density at radius 1 is 1.12 bits per heavy atom. The van der Waals surface area contributed by atoms with Gasteiger partial charge in [-0.25, -0.2) is 0 Å². The Hall–Kier alpha value is -2.24. The SMILES string of the molecule is COc1ccccc1NC(=O)C(C)N1CCN(c2cccc(Cl)c2)CC1. The Bertz CT molecular complexity index is 760. The zero-order chi connectivity index (χ0) is 18.5. The molecule has 1 heterocycles. The van der Waals surface area contributed by atoms with E-state index in [1.807, 2.05) is 49.4 Å². The molecule has 0 aromatic heterocycles. The third-order valence-electron chi connectivity index (χ3n) is 4.78. The number of anilines is 2. The van der Waals surface area contributed by atoms with Crippen molar-refractivity contribution in [3.05, 3.63) is 53.6 Å². The van der Waals surface area contributed by atoms with E-state index in [9.17, 15) is 4.79 Å². The molecular formula is C20H24ClN3O2. The second kappa shape index (κ2) is 8.43. The van der Waals surface area contributed by atoms with Crippen LogP contribution in [0.25, 0.3) is 0 Å². The standard InChI is InChI=1S/C20H24ClN3O2/c1-15(20(25)22-18-8-3-4-9-19(18)26-2)23-10-12-24(13-11-23)17-7-5-6-16(21)14-17/h3-9,14-15H,10-13H2,1-2H3,(H,22,25). The van der Waals surface area contributed by atoms with E-state index in [-0.39, 0.29) is 11.9 Å². The van der Waals surface area contributed by atoms with Crippen LogP contribution in [0.1, 0.15) is 6.92 Å². The quantitative estimate of drug-likeness (QED) is 0.871. The lowest BCUT2D eigenvalue weighted by molar-refractivity contribution is -0.120. The second-order valence-corrected chi connectivity index (χ2v) is 6.80. The van der Waals surface area contributed by atoms with Crippen molar-refractivity contribution in [2.45, 2.75) is 13.0 Å². The molecule has 1 atom stereocenters. The highest BCUT2D eigenvalue weighted by Gasteiger charge is 2.26. The minimum atomic E-state index is -0.207. The number of rotatable bonds is 5. The maximum Gasteiger partial charge on any atom is 0.241 e. The molecular weight excluding hydrogens is 350 g/mol. The average molecular weight is 374 g/mol. The zero-order valence-corrected chi connectivity index (χ0v) is 15.9. The predicted molar refractivity (Wildman–Crippen MR) is 106 cm³/mol. The molecule has 0 spiro atoms. The van der Waals surface area contributed by atoms with Crippen LogP contribution in [0, 0.1) is 0 Å². The number of halogens is 1. The summed E-state index contributed by atoms with van der Waals surface area (Å²) in [7, 11) is 1.60. The predicted octanol–water partition coefficient (Wildman–Crippen LogP) is 3.50. The molecule has 1 fully saturated rings. The van der Waals surface area contributed by atoms with Crippen molar-refractivity contribution in [2.75, 3.05) is 43.5 Å². The zero-order valence-electron chi connectivity index (χ0n) is 15.1. The molecule has 1 aliphatic heterocycles. The van der Waals surface area contributed by atoms with Crippen LogP contribution < -0.4 is 15.0 Å². The third-order valence-corrected chi connectivity index (χ3v) is 5.01. The minimum Gasteiger partial charge on any atom is -0.495 e. The van der Waals surface area contributed by atoms with Crippen LogP contribution in [-0.2, 0) is 4.79 Å². The second-order valence-electron chi connectivity index (χ2n) is 6.37. The summed E-state index contributed by atoms with van der Waals surface area (Å²) in [5.41, 5.74) is 1.83. The number of methoxy groups -OCH3 is 1. The average Bonchev–Trinajstić information content (AvgIpc) is 2.68. The Morgan fingerprint density at radius 2 is 1.85 bits per heavy atom. The summed E-state index contributed by atoms with van der Waals surface area (Å²) in [6.45, 7) is 5.33. The number of para-hydroxylation sites is 2. The highest BCUT2D eigenvalue weighted by atomic mass is 35.5. The topological polar surface area (TPSA) is 44.8 Å². The summed E-state index contributed by atoms with van der Waals surface area (Å²) < 4.78 is 5.30. The summed E-state index contributed by atoms with van der Waals surface area (Å²) >= 11 is 6.09. The van der Waals surface area contributed by atoms with Crippen LogP contribution in [0.3, 0.4) is 0 Å². The van der Waals surface area contributed by atoms with Gasteiger partial charge in [-0.1, -0.05) is 29.8 Å². The monoisotopic (exact) mass is 373 g/mol. The first-order chi connectivity index (χ1) is 12.6. The van der Waals surface area contributed by atoms with Crippen molar-refractivity contribution >= 4 is 28.9 Å². The maximum atomic E-state index is 12.6. The molecule has 0 bridgehead atoms. The summed E-state index contributed by atoms with van der Waals surface area (Å²) in [5.74, 6) is 0.643. The van der Waals surface area contributed by atoms with Gasteiger partial charge in [0.25, 0.3) is 0 Å². The number of hydrogen-bond acceptors (Lipinski definition) is 4. The van der Waals surface area contributed by atoms with Crippen molar-refractivity contribution < 1.29 is 9.53 Å². The summed E-state index contributed by atoms with van der Waals surface area (Å²) in [4.78, 5) is 17.1. The Kier molecular flexibility index (Phi) is 6.01. The van der Waals surface area contributed by atoms with Crippen molar-refractivity contribution in [3.63, 3.8) is 0 Å². The van der Waals surface area contributed by atoms with Gasteiger partial charge in [0.2, 0.25) is 5.91 Å². The Morgan fingerprint density at radius 3 is 2.54 bits per heavy atom. The molecule has 1 amide bonds. The van der Waals surface area contributed by atoms with Crippen LogP contribution in [0.2, 0.25) is 5.02 Å². The van der Waals surface area contributed by atoms with Crippen molar-refractivity contribution in [2.24, 2.45) is 0 Å². The highest BCUT2D eigenvalue weighted by molar-refractivity contribution is 6.30. The van der Waals surface area contributed by atoms with E-state index in [1.165, 1.54) is 0 Å². The van der Waals surface area contributed by atoms with E-state index < -0.39 is 0 Å². The number of carbonyl (C=O) groups excluding carboxylic acids is 1. The molecule has 6 heteroatoms. The first kappa shape index (κ1) is 18.5. The lowest BCUT2D eigenvalue weighted by atomic mass is 10.2. The molecule has 1 aliphatic rings. The summed E-state index contributed by atoms with van der Waals surface area (Å²) in [6.07, 6.45) is 0. The van der Waals surface area contributed by atoms with Gasteiger partial charge in [0, 0.05) is 36.9 Å². The maximum absolute atomic E-state index is 12.6. The van der Waals surface area contributed by atoms with Gasteiger partial charge in [0.05, 0.1) is 18.8 Å². The smallest absolute Gasteiger partial charge is 0.241 e. The third kappa shape index (κ3) is 4.29. The fourth-order valence-electron chi connectivity index (χ4n) is 3.19. The van der Waals surface area contributed by atoms with Gasteiger partial charge in [0.15, 0.2) is 0 Å². The highest BCUT2D eigenvalue weighted by Crippen LogP contribution is 2.24. The number of carbonyl (C=O) groups is 1. The van der Waals surface area contributed by atoms with Crippen molar-refractivity contribution in [1.29, 1.82) is 0 Å². The van der Waals surface area contributed by atoms with Crippen molar-refractivity contribution in [3.8, 4) is 5.75 Å². The summed E-state index contributed by atoms with van der Waals surface area (Å²) in [6, 6.07) is 15.1. The number of hydrogen-bond donors (Lipinski definition) is 1. The van der Waals surface area contributed by atoms with E-state index in [0.29, 0.717) is 11.4 Å². The first-order valence-electron chi connectivity index (χ1n) is 8.77. The normalized spacial score (nSPS) is 16.2. The van der Waals surface area contributed by atoms with Gasteiger partial charge in [-0.2, -0.15) is 0 Å². The first-order valence-corrected chi connectivity index (χ1v) is 9.14. The Labute approximate surface area is 159 Å². The molecule has 5 nitrogen and oxygen atoms in total. The molecule has 0 saturated carbocycles. The fraction of sp³-hybridized carbons (Fsp3) is 0.350. The number of benzene rings is 2. The van der Waals surface area contributed by atoms with Crippen LogP contribution >= 0.6 is 11.6 Å². The van der Waals surface area contributed by atoms with E-state index in [1.54, 1.807) is 7.11 Å². The van der Waals surface area contributed by atoms with E-state index in [0.717, 1.165) is 36.9 Å². The number of amides is 1. The van der Waals surface area contributed by atoms with Crippen molar-refractivity contribution in [1.82, 2.24) is 4.90 Å². The van der Waals surface area contributed by atoms with E-state index in [2.05, 4.69) is 21.2 Å². The molecule has 1 N–H and O–H groups in total. The molecule has 26 heavy (non-hydrogen) atoms. The minimum absolute atomic E-state index is 0.0225. The van der Waals surface area contributed by atoms with Gasteiger partial charge in [-0.05, 0) is 37.3 Å². The van der Waals surface area contributed by atoms with E-state index >= 15 is 0 Å². The number of ether oxygens (including phenoxy) is 1. The number of nitrogens with zero attached hydrogens (tertiary/aromatic N) is 2. The molecule has 2 aromatic rings. The van der Waals surface area contributed by atoms with Gasteiger partial charge < -0.3 is 15.0 Å². The number of piperazine rings is 1. The molecule has 138 valence electrons. The van der Waals surface area contributed by atoms with Gasteiger partial charge in [-0.15, -0.1) is 0 Å². The lowest BCUT2D eigenvalue weighted by Crippen LogP contribution is -2.52. The molecule has 1 unspecified atom stereocenters. The Balaban J connectivity index is 1.57. The molecule has 0 aliphatic carbocycles. The van der Waals surface area contributed by atoms with Crippen LogP contribution in [0.4, 0.5) is 11.4 Å². The van der Waals surface area contributed by atoms with Gasteiger partial charge in [-0.3, -0.25) is 9.69 Å². The fourth-order valence-corrected chi connectivity index (χ4v) is 3.38. The van der Waals surface area contributed by atoms with Crippen LogP contribution in [0.15, 0.2) is 48.5 Å². The van der Waals surface area contributed by atoms with Crippen LogP contribution in [0.5, 0.6) is 5.75 Å². The number of nitrogens with one attached hydrogen (secondary N) is 1. The molecule has 0 radical (unpaired) electrons. The van der Waals surface area contributed by atoms with Crippen LogP contribution in [-0.4, -0.2) is 50.1 Å². The van der Waals surface area contributed by atoms with E-state index in [4.69, 9.17) is 16.3 Å². The summed E-state index contributed by atoms with van der Waals surface area (Å²) in [5, 5.41) is 3.72. The molecule has 2 aromatic carbocycles. The van der Waals surface area contributed by atoms with Gasteiger partial charge >= 0.3 is 0 Å². The molecule has 3 rings (SSSR count). The lowest BCUT2D eigenvalue weighted by Gasteiger charge is -2.38. The van der Waals surface area contributed by atoms with Gasteiger partial charge in [0.1, 0.15) is 5.75 Å².